The summed E-state index contributed by atoms with van der Waals surface area (Å²) in [6, 6.07) is 7.72. The number of hydrogen-bond acceptors (Lipinski definition) is 4. The van der Waals surface area contributed by atoms with Gasteiger partial charge in [0.05, 0.1) is 19.1 Å². The zero-order valence-corrected chi connectivity index (χ0v) is 10.9. The maximum atomic E-state index is 5.65. The Labute approximate surface area is 112 Å². The van der Waals surface area contributed by atoms with Crippen molar-refractivity contribution in [1.29, 1.82) is 0 Å². The highest BCUT2D eigenvalue weighted by Crippen LogP contribution is 2.11. The van der Waals surface area contributed by atoms with Crippen molar-refractivity contribution >= 4 is 6.21 Å². The van der Waals surface area contributed by atoms with Crippen LogP contribution in [0.3, 0.4) is 0 Å². The molecule has 19 heavy (non-hydrogen) atoms. The summed E-state index contributed by atoms with van der Waals surface area (Å²) in [6.45, 7) is 0.685. The Kier molecular flexibility index (Phi) is 4.98. The first kappa shape index (κ1) is 13.1. The van der Waals surface area contributed by atoms with Crippen LogP contribution in [0.4, 0.5) is 0 Å². The smallest absolute Gasteiger partial charge is 0.119 e. The lowest BCUT2D eigenvalue weighted by molar-refractivity contribution is 0.215. The normalized spacial score (nSPS) is 10.8. The number of benzene rings is 1. The van der Waals surface area contributed by atoms with E-state index in [9.17, 15) is 0 Å². The first-order valence-electron chi connectivity index (χ1n) is 6.15. The lowest BCUT2D eigenvalue weighted by Gasteiger charge is -2.05. The fourth-order valence-corrected chi connectivity index (χ4v) is 1.64. The average molecular weight is 259 g/mol. The molecule has 0 amide bonds. The molecule has 5 heteroatoms. The van der Waals surface area contributed by atoms with Gasteiger partial charge in [-0.3, -0.25) is 0 Å². The van der Waals surface area contributed by atoms with Crippen molar-refractivity contribution in [3.05, 3.63) is 48.0 Å². The van der Waals surface area contributed by atoms with Crippen LogP contribution < -0.4 is 4.74 Å². The molecule has 100 valence electrons. The lowest BCUT2D eigenvalue weighted by atomic mass is 10.2. The van der Waals surface area contributed by atoms with Crippen LogP contribution in [0, 0.1) is 0 Å². The van der Waals surface area contributed by atoms with E-state index in [1.807, 2.05) is 30.5 Å². The zero-order valence-electron chi connectivity index (χ0n) is 10.9. The molecular formula is C14H17N3O2. The van der Waals surface area contributed by atoms with Gasteiger partial charge in [0.15, 0.2) is 0 Å². The Morgan fingerprint density at radius 2 is 2.16 bits per heavy atom. The summed E-state index contributed by atoms with van der Waals surface area (Å²) in [6.07, 6.45) is 7.08. The number of nitrogens with zero attached hydrogens (tertiary/aromatic N) is 2. The first-order chi connectivity index (χ1) is 9.38. The Balaban J connectivity index is 1.72. The predicted molar refractivity (Wildman–Crippen MR) is 73.4 cm³/mol. The second-order valence-corrected chi connectivity index (χ2v) is 4.01. The van der Waals surface area contributed by atoms with Gasteiger partial charge in [0.25, 0.3) is 0 Å². The molecule has 0 saturated heterocycles. The third-order valence-electron chi connectivity index (χ3n) is 2.60. The van der Waals surface area contributed by atoms with Gasteiger partial charge >= 0.3 is 0 Å². The highest BCUT2D eigenvalue weighted by molar-refractivity contribution is 5.79. The van der Waals surface area contributed by atoms with Crippen LogP contribution >= 0.6 is 0 Å². The number of hydrogen-bond donors (Lipinski definition) is 1. The molecule has 1 heterocycles. The second-order valence-electron chi connectivity index (χ2n) is 4.01. The van der Waals surface area contributed by atoms with Crippen molar-refractivity contribution in [3.63, 3.8) is 0 Å². The van der Waals surface area contributed by atoms with Crippen molar-refractivity contribution in [2.24, 2.45) is 5.16 Å². The molecule has 0 saturated carbocycles. The highest BCUT2D eigenvalue weighted by atomic mass is 16.6. The van der Waals surface area contributed by atoms with E-state index in [2.05, 4.69) is 20.0 Å². The number of aromatic amines is 1. The number of oxime groups is 1. The molecule has 5 nitrogen and oxygen atoms in total. The summed E-state index contributed by atoms with van der Waals surface area (Å²) in [5, 5.41) is 3.70. The van der Waals surface area contributed by atoms with Gasteiger partial charge in [0.1, 0.15) is 12.9 Å². The van der Waals surface area contributed by atoms with Gasteiger partial charge < -0.3 is 14.6 Å². The van der Waals surface area contributed by atoms with Gasteiger partial charge in [-0.15, -0.1) is 0 Å². The average Bonchev–Trinajstić information content (AvgIpc) is 2.96. The Morgan fingerprint density at radius 1 is 1.32 bits per heavy atom. The fraction of sp³-hybridized carbons (Fsp3) is 0.286. The molecular weight excluding hydrogens is 242 g/mol. The molecule has 1 aromatic heterocycles. The monoisotopic (exact) mass is 259 g/mol. The molecule has 0 aliphatic rings. The van der Waals surface area contributed by atoms with Crippen LogP contribution in [-0.2, 0) is 11.3 Å². The molecule has 0 radical (unpaired) electrons. The highest BCUT2D eigenvalue weighted by Gasteiger charge is 1.96. The van der Waals surface area contributed by atoms with Crippen LogP contribution in [-0.4, -0.2) is 29.9 Å². The van der Waals surface area contributed by atoms with Gasteiger partial charge in [-0.1, -0.05) is 5.16 Å². The summed E-state index contributed by atoms with van der Waals surface area (Å²) < 4.78 is 5.65. The largest absolute Gasteiger partial charge is 0.494 e. The van der Waals surface area contributed by atoms with Gasteiger partial charge in [-0.2, -0.15) is 0 Å². The number of aryl methyl sites for hydroxylation is 1. The fourth-order valence-electron chi connectivity index (χ4n) is 1.64. The SMILES string of the molecule is CO/N=C/c1ccc(OCCCc2cnc[nH]2)cc1. The summed E-state index contributed by atoms with van der Waals surface area (Å²) in [4.78, 5) is 11.7. The number of rotatable bonds is 7. The van der Waals surface area contributed by atoms with Gasteiger partial charge in [0.2, 0.25) is 0 Å². The number of H-pyrrole nitrogens is 1. The van der Waals surface area contributed by atoms with Crippen LogP contribution in [0.1, 0.15) is 17.7 Å². The zero-order chi connectivity index (χ0) is 13.3. The Bertz CT molecular complexity index is 492. The van der Waals surface area contributed by atoms with Crippen molar-refractivity contribution < 1.29 is 9.57 Å². The maximum Gasteiger partial charge on any atom is 0.119 e. The van der Waals surface area contributed by atoms with Gasteiger partial charge in [0, 0.05) is 11.9 Å². The standard InChI is InChI=1S/C14H17N3O2/c1-18-17-9-12-4-6-14(7-5-12)19-8-2-3-13-10-15-11-16-13/h4-7,9-11H,2-3,8H2,1H3,(H,15,16)/b17-9+. The summed E-state index contributed by atoms with van der Waals surface area (Å²) in [5.74, 6) is 0.860. The summed E-state index contributed by atoms with van der Waals surface area (Å²) >= 11 is 0. The van der Waals surface area contributed by atoms with Crippen molar-refractivity contribution in [3.8, 4) is 5.75 Å². The molecule has 2 rings (SSSR count). The molecule has 0 unspecified atom stereocenters. The van der Waals surface area contributed by atoms with Crippen LogP contribution in [0.5, 0.6) is 5.75 Å². The molecule has 0 fully saturated rings. The third kappa shape index (κ3) is 4.46. The maximum absolute atomic E-state index is 5.65. The van der Waals surface area contributed by atoms with E-state index in [-0.39, 0.29) is 0 Å². The number of nitrogens with one attached hydrogen (secondary N) is 1. The van der Waals surface area contributed by atoms with E-state index in [1.165, 1.54) is 7.11 Å². The molecule has 0 atom stereocenters. The van der Waals surface area contributed by atoms with Gasteiger partial charge in [-0.05, 0) is 42.7 Å². The Hall–Kier alpha value is -2.30. The minimum Gasteiger partial charge on any atom is -0.494 e. The Morgan fingerprint density at radius 3 is 2.84 bits per heavy atom. The van der Waals surface area contributed by atoms with E-state index >= 15 is 0 Å². The number of ether oxygens (including phenoxy) is 1. The van der Waals surface area contributed by atoms with Crippen molar-refractivity contribution in [2.75, 3.05) is 13.7 Å². The summed E-state index contributed by atoms with van der Waals surface area (Å²) in [5.41, 5.74) is 2.11. The van der Waals surface area contributed by atoms with Crippen molar-refractivity contribution in [2.45, 2.75) is 12.8 Å². The summed E-state index contributed by atoms with van der Waals surface area (Å²) in [7, 11) is 1.52. The van der Waals surface area contributed by atoms with E-state index < -0.39 is 0 Å². The number of aromatic nitrogens is 2. The third-order valence-corrected chi connectivity index (χ3v) is 2.60. The predicted octanol–water partition coefficient (Wildman–Crippen LogP) is 2.40. The quantitative estimate of drug-likeness (QED) is 0.472. The minimum atomic E-state index is 0.685. The lowest BCUT2D eigenvalue weighted by Crippen LogP contribution is -1.99. The van der Waals surface area contributed by atoms with Crippen LogP contribution in [0.25, 0.3) is 0 Å². The van der Waals surface area contributed by atoms with E-state index in [1.54, 1.807) is 12.5 Å². The molecule has 0 aliphatic heterocycles. The first-order valence-corrected chi connectivity index (χ1v) is 6.15. The molecule has 0 bridgehead atoms. The van der Waals surface area contributed by atoms with Crippen molar-refractivity contribution in [1.82, 2.24) is 9.97 Å². The van der Waals surface area contributed by atoms with E-state index in [4.69, 9.17) is 4.74 Å². The molecule has 0 spiro atoms. The second kappa shape index (κ2) is 7.20. The topological polar surface area (TPSA) is 59.5 Å². The van der Waals surface area contributed by atoms with Gasteiger partial charge in [-0.25, -0.2) is 4.98 Å². The molecule has 1 aromatic carbocycles. The number of imidazole rings is 1. The van der Waals surface area contributed by atoms with E-state index in [0.29, 0.717) is 6.61 Å². The van der Waals surface area contributed by atoms with E-state index in [0.717, 1.165) is 29.8 Å². The van der Waals surface area contributed by atoms with Crippen LogP contribution in [0.15, 0.2) is 41.9 Å². The molecule has 1 N–H and O–H groups in total. The molecule has 2 aromatic rings. The molecule has 0 aliphatic carbocycles. The van der Waals surface area contributed by atoms with Crippen LogP contribution in [0.2, 0.25) is 0 Å². The minimum absolute atomic E-state index is 0.685.